The zero-order valence-corrected chi connectivity index (χ0v) is 15.4. The molecule has 0 saturated heterocycles. The third-order valence-corrected chi connectivity index (χ3v) is 4.32. The maximum absolute atomic E-state index is 14.6. The van der Waals surface area contributed by atoms with Gasteiger partial charge in [-0.15, -0.1) is 0 Å². The summed E-state index contributed by atoms with van der Waals surface area (Å²) in [7, 11) is 1.43. The van der Waals surface area contributed by atoms with E-state index in [4.69, 9.17) is 4.74 Å². The van der Waals surface area contributed by atoms with Gasteiger partial charge in [-0.2, -0.15) is 0 Å². The molecular weight excluding hydrogens is 377 g/mol. The Bertz CT molecular complexity index is 830. The number of pyridine rings is 1. The summed E-state index contributed by atoms with van der Waals surface area (Å²) in [4.78, 5) is 24.3. The first-order chi connectivity index (χ1) is 11.3. The van der Waals surface area contributed by atoms with Crippen molar-refractivity contribution in [2.45, 2.75) is 20.3 Å². The van der Waals surface area contributed by atoms with Crippen molar-refractivity contribution >= 4 is 21.7 Å². The first-order valence-corrected chi connectivity index (χ1v) is 8.38. The Labute approximate surface area is 148 Å². The van der Waals surface area contributed by atoms with Crippen LogP contribution in [0, 0.1) is 12.7 Å². The molecule has 24 heavy (non-hydrogen) atoms. The number of carbonyl (C=O) groups excluding carboxylic acids is 1. The Morgan fingerprint density at radius 2 is 2.08 bits per heavy atom. The molecule has 128 valence electrons. The second-order valence-electron chi connectivity index (χ2n) is 5.56. The van der Waals surface area contributed by atoms with Crippen LogP contribution in [0.4, 0.5) is 4.39 Å². The molecule has 0 aliphatic rings. The molecule has 0 radical (unpaired) electrons. The number of nitrogens with zero attached hydrogens (tertiary/aromatic N) is 1. The minimum Gasteiger partial charge on any atom is -0.374 e. The number of ketones is 1. The fourth-order valence-corrected chi connectivity index (χ4v) is 2.94. The van der Waals surface area contributed by atoms with E-state index in [0.717, 1.165) is 20.2 Å². The molecule has 1 heterocycles. The minimum atomic E-state index is -0.887. The smallest absolute Gasteiger partial charge is 0.286 e. The van der Waals surface area contributed by atoms with Gasteiger partial charge in [0, 0.05) is 41.9 Å². The van der Waals surface area contributed by atoms with E-state index < -0.39 is 11.4 Å². The zero-order valence-electron chi connectivity index (χ0n) is 13.9. The summed E-state index contributed by atoms with van der Waals surface area (Å²) in [6.45, 7) is 3.93. The third-order valence-electron chi connectivity index (χ3n) is 3.83. The molecule has 0 fully saturated rings. The van der Waals surface area contributed by atoms with Crippen molar-refractivity contribution in [3.05, 3.63) is 67.3 Å². The summed E-state index contributed by atoms with van der Waals surface area (Å²) in [5, 5.41) is 0. The highest BCUT2D eigenvalue weighted by Gasteiger charge is 2.20. The molecule has 2 rings (SSSR count). The number of ether oxygens (including phenoxy) is 1. The van der Waals surface area contributed by atoms with Gasteiger partial charge in [-0.25, -0.2) is 4.39 Å². The summed E-state index contributed by atoms with van der Waals surface area (Å²) in [5.74, 6) is -1.22. The number of carbonyl (C=O) groups is 1. The van der Waals surface area contributed by atoms with Crippen molar-refractivity contribution in [2.75, 3.05) is 13.2 Å². The molecule has 0 N–H and O–H groups in total. The van der Waals surface area contributed by atoms with Crippen LogP contribution in [0.5, 0.6) is 0 Å². The van der Waals surface area contributed by atoms with Crippen LogP contribution in [0.1, 0.15) is 34.0 Å². The van der Waals surface area contributed by atoms with Gasteiger partial charge >= 0.3 is 0 Å². The number of rotatable bonds is 6. The highest BCUT2D eigenvalue weighted by atomic mass is 79.9. The predicted octanol–water partition coefficient (Wildman–Crippen LogP) is 3.41. The van der Waals surface area contributed by atoms with Crippen LogP contribution in [0.2, 0.25) is 0 Å². The van der Waals surface area contributed by atoms with Gasteiger partial charge in [0.25, 0.3) is 5.56 Å². The number of hydrogen-bond donors (Lipinski definition) is 0. The van der Waals surface area contributed by atoms with E-state index in [2.05, 4.69) is 15.9 Å². The fraction of sp³-hybridized carbons (Fsp3) is 0.333. The largest absolute Gasteiger partial charge is 0.374 e. The van der Waals surface area contributed by atoms with Crippen LogP contribution >= 0.6 is 15.9 Å². The van der Waals surface area contributed by atoms with Gasteiger partial charge in [0.05, 0.1) is 0 Å². The summed E-state index contributed by atoms with van der Waals surface area (Å²) in [6.07, 6.45) is 1.56. The lowest BCUT2D eigenvalue weighted by atomic mass is 9.96. The third kappa shape index (κ3) is 3.99. The molecule has 1 aromatic heterocycles. The van der Waals surface area contributed by atoms with E-state index in [0.29, 0.717) is 6.61 Å². The number of hydrogen-bond acceptors (Lipinski definition) is 3. The molecule has 0 spiro atoms. The van der Waals surface area contributed by atoms with Crippen LogP contribution in [0.15, 0.2) is 33.7 Å². The first-order valence-electron chi connectivity index (χ1n) is 7.59. The fourth-order valence-electron chi connectivity index (χ4n) is 2.47. The number of Topliss-reactive ketones (excluding diaryl/α,β-unsaturated/α-hetero) is 1. The quantitative estimate of drug-likeness (QED) is 0.704. The van der Waals surface area contributed by atoms with Gasteiger partial charge < -0.3 is 9.30 Å². The Morgan fingerprint density at radius 1 is 1.38 bits per heavy atom. The SMILES string of the molecule is CCOCC(=O)c1cn(C)c(=O)c(F)c1Cc1ccc(Br)cc1C. The Morgan fingerprint density at radius 3 is 2.71 bits per heavy atom. The molecule has 4 nitrogen and oxygen atoms in total. The second-order valence-corrected chi connectivity index (χ2v) is 6.47. The Hall–Kier alpha value is -1.79. The van der Waals surface area contributed by atoms with E-state index in [1.807, 2.05) is 25.1 Å². The number of halogens is 2. The number of aryl methyl sites for hydroxylation is 2. The normalized spacial score (nSPS) is 10.9. The van der Waals surface area contributed by atoms with E-state index in [-0.39, 0.29) is 29.9 Å². The Kier molecular flexibility index (Phi) is 6.07. The molecule has 0 bridgehead atoms. The van der Waals surface area contributed by atoms with E-state index in [9.17, 15) is 14.0 Å². The lowest BCUT2D eigenvalue weighted by molar-refractivity contribution is 0.0781. The van der Waals surface area contributed by atoms with Gasteiger partial charge in [-0.3, -0.25) is 9.59 Å². The first kappa shape index (κ1) is 18.5. The highest BCUT2D eigenvalue weighted by Crippen LogP contribution is 2.22. The second kappa shape index (κ2) is 7.85. The minimum absolute atomic E-state index is 0.119. The average Bonchev–Trinajstić information content (AvgIpc) is 2.54. The predicted molar refractivity (Wildman–Crippen MR) is 94.1 cm³/mol. The topological polar surface area (TPSA) is 48.3 Å². The van der Waals surface area contributed by atoms with E-state index in [1.165, 1.54) is 13.2 Å². The number of benzene rings is 1. The maximum atomic E-state index is 14.6. The summed E-state index contributed by atoms with van der Waals surface area (Å²) in [6, 6.07) is 5.62. The molecule has 0 unspecified atom stereocenters. The van der Waals surface area contributed by atoms with Crippen molar-refractivity contribution in [1.29, 1.82) is 0 Å². The lowest BCUT2D eigenvalue weighted by Crippen LogP contribution is -2.26. The molecule has 2 aromatic rings. The van der Waals surface area contributed by atoms with E-state index >= 15 is 0 Å². The van der Waals surface area contributed by atoms with Crippen LogP contribution in [-0.4, -0.2) is 23.6 Å². The van der Waals surface area contributed by atoms with Crippen molar-refractivity contribution in [3.63, 3.8) is 0 Å². The van der Waals surface area contributed by atoms with Crippen LogP contribution < -0.4 is 5.56 Å². The molecular formula is C18H19BrFNO3. The van der Waals surface area contributed by atoms with Crippen LogP contribution in [0.25, 0.3) is 0 Å². The van der Waals surface area contributed by atoms with Gasteiger partial charge in [0.2, 0.25) is 0 Å². The van der Waals surface area contributed by atoms with Crippen molar-refractivity contribution in [1.82, 2.24) is 4.57 Å². The summed E-state index contributed by atoms with van der Waals surface area (Å²) < 4.78 is 21.7. The standard InChI is InChI=1S/C18H19BrFNO3/c1-4-24-10-16(22)15-9-21(3)18(23)17(20)14(15)8-12-5-6-13(19)7-11(12)2/h5-7,9H,4,8,10H2,1-3H3. The molecule has 0 atom stereocenters. The van der Waals surface area contributed by atoms with Crippen molar-refractivity contribution in [2.24, 2.45) is 7.05 Å². The van der Waals surface area contributed by atoms with Gasteiger partial charge in [0.1, 0.15) is 6.61 Å². The summed E-state index contributed by atoms with van der Waals surface area (Å²) >= 11 is 3.39. The highest BCUT2D eigenvalue weighted by molar-refractivity contribution is 9.10. The van der Waals surface area contributed by atoms with Crippen LogP contribution in [-0.2, 0) is 18.2 Å². The monoisotopic (exact) mass is 395 g/mol. The molecule has 0 saturated carbocycles. The molecule has 1 aromatic carbocycles. The van der Waals surface area contributed by atoms with Crippen molar-refractivity contribution in [3.8, 4) is 0 Å². The van der Waals surface area contributed by atoms with Gasteiger partial charge in [-0.1, -0.05) is 22.0 Å². The summed E-state index contributed by atoms with van der Waals surface area (Å²) in [5.41, 5.74) is 1.37. The van der Waals surface area contributed by atoms with Crippen LogP contribution in [0.3, 0.4) is 0 Å². The van der Waals surface area contributed by atoms with E-state index in [1.54, 1.807) is 6.92 Å². The molecule has 0 aliphatic heterocycles. The molecule has 0 aliphatic carbocycles. The van der Waals surface area contributed by atoms with Gasteiger partial charge in [0.15, 0.2) is 11.6 Å². The zero-order chi connectivity index (χ0) is 17.9. The van der Waals surface area contributed by atoms with Gasteiger partial charge in [-0.05, 0) is 37.1 Å². The molecule has 0 amide bonds. The lowest BCUT2D eigenvalue weighted by Gasteiger charge is -2.13. The van der Waals surface area contributed by atoms with Crippen molar-refractivity contribution < 1.29 is 13.9 Å². The average molecular weight is 396 g/mol. The molecule has 6 heteroatoms. The number of aromatic nitrogens is 1. The Balaban J connectivity index is 2.52. The maximum Gasteiger partial charge on any atom is 0.286 e.